The van der Waals surface area contributed by atoms with Crippen molar-refractivity contribution in [3.05, 3.63) is 77.9 Å². The Hall–Kier alpha value is -1.51. The Labute approximate surface area is 204 Å². The Morgan fingerprint density at radius 1 is 0.939 bits per heavy atom. The van der Waals surface area contributed by atoms with E-state index in [1.165, 1.54) is 16.7 Å². The lowest BCUT2D eigenvalue weighted by Crippen LogP contribution is -2.63. The monoisotopic (exact) mass is 481 g/mol. The molecule has 0 bridgehead atoms. The SMILES string of the molecule is C=C(c1ccccc1)c1ccc(CCC[Si](C)(O[Si](C)(C)C(C)(C)C)N2CCOCC2)cc1. The van der Waals surface area contributed by atoms with Crippen LogP contribution in [0.2, 0.25) is 30.7 Å². The van der Waals surface area contributed by atoms with Gasteiger partial charge in [-0.3, -0.25) is 4.57 Å². The molecule has 1 fully saturated rings. The smallest absolute Gasteiger partial charge is 0.258 e. The highest BCUT2D eigenvalue weighted by Gasteiger charge is 2.47. The topological polar surface area (TPSA) is 21.7 Å². The Morgan fingerprint density at radius 2 is 1.52 bits per heavy atom. The number of aryl methyl sites for hydroxylation is 1. The van der Waals surface area contributed by atoms with Gasteiger partial charge in [0.2, 0.25) is 0 Å². The van der Waals surface area contributed by atoms with Crippen molar-refractivity contribution in [1.29, 1.82) is 0 Å². The van der Waals surface area contributed by atoms with Gasteiger partial charge in [-0.15, -0.1) is 0 Å². The fraction of sp³-hybridized carbons (Fsp3) is 0.500. The normalized spacial score (nSPS) is 17.5. The first-order chi connectivity index (χ1) is 15.5. The van der Waals surface area contributed by atoms with Crippen molar-refractivity contribution in [2.24, 2.45) is 0 Å². The van der Waals surface area contributed by atoms with E-state index in [-0.39, 0.29) is 5.04 Å². The van der Waals surface area contributed by atoms with Crippen LogP contribution in [-0.2, 0) is 15.3 Å². The Balaban J connectivity index is 1.65. The molecule has 5 heteroatoms. The molecule has 0 N–H and O–H groups in total. The summed E-state index contributed by atoms with van der Waals surface area (Å²) in [6.45, 7) is 22.3. The molecule has 0 radical (unpaired) electrons. The molecule has 1 aliphatic heterocycles. The van der Waals surface area contributed by atoms with Crippen LogP contribution in [0.25, 0.3) is 5.57 Å². The second-order valence-corrected chi connectivity index (χ2v) is 19.9. The van der Waals surface area contributed by atoms with Crippen molar-refractivity contribution >= 4 is 22.4 Å². The molecule has 2 aromatic carbocycles. The minimum absolute atomic E-state index is 0.227. The number of nitrogens with zero attached hydrogens (tertiary/aromatic N) is 1. The number of ether oxygens (including phenoxy) is 1. The van der Waals surface area contributed by atoms with E-state index in [4.69, 9.17) is 8.85 Å². The summed E-state index contributed by atoms with van der Waals surface area (Å²) in [4.78, 5) is 0. The van der Waals surface area contributed by atoms with E-state index < -0.39 is 16.8 Å². The maximum atomic E-state index is 7.20. The average Bonchev–Trinajstić information content (AvgIpc) is 2.79. The second-order valence-electron chi connectivity index (χ2n) is 11.0. The summed E-state index contributed by atoms with van der Waals surface area (Å²) in [6.07, 6.45) is 2.25. The van der Waals surface area contributed by atoms with Crippen molar-refractivity contribution < 1.29 is 8.85 Å². The summed E-state index contributed by atoms with van der Waals surface area (Å²) >= 11 is 0. The third-order valence-corrected chi connectivity index (χ3v) is 18.0. The highest BCUT2D eigenvalue weighted by Crippen LogP contribution is 2.40. The predicted molar refractivity (Wildman–Crippen MR) is 146 cm³/mol. The van der Waals surface area contributed by atoms with Crippen molar-refractivity contribution in [3.8, 4) is 0 Å². The van der Waals surface area contributed by atoms with E-state index >= 15 is 0 Å². The van der Waals surface area contributed by atoms with E-state index in [1.54, 1.807) is 0 Å². The van der Waals surface area contributed by atoms with Gasteiger partial charge in [-0.2, -0.15) is 0 Å². The molecule has 1 atom stereocenters. The third kappa shape index (κ3) is 6.77. The first-order valence-electron chi connectivity index (χ1n) is 12.4. The van der Waals surface area contributed by atoms with Crippen LogP contribution in [-0.4, -0.2) is 47.7 Å². The van der Waals surface area contributed by atoms with E-state index in [1.807, 2.05) is 6.07 Å². The van der Waals surface area contributed by atoms with Crippen molar-refractivity contribution in [1.82, 2.24) is 4.57 Å². The average molecular weight is 482 g/mol. The van der Waals surface area contributed by atoms with Gasteiger partial charge >= 0.3 is 0 Å². The highest BCUT2D eigenvalue weighted by atomic mass is 28.4. The molecule has 1 unspecified atom stereocenters. The van der Waals surface area contributed by atoms with Crippen LogP contribution in [0.3, 0.4) is 0 Å². The highest BCUT2D eigenvalue weighted by molar-refractivity contribution is 6.85. The molecule has 3 rings (SSSR count). The zero-order chi connectivity index (χ0) is 24.1. The minimum atomic E-state index is -2.02. The lowest BCUT2D eigenvalue weighted by Gasteiger charge is -2.48. The third-order valence-electron chi connectivity index (χ3n) is 7.49. The maximum absolute atomic E-state index is 7.20. The zero-order valence-corrected chi connectivity index (χ0v) is 23.6. The zero-order valence-electron chi connectivity index (χ0n) is 21.6. The molecule has 1 saturated heterocycles. The first-order valence-corrected chi connectivity index (χ1v) is 17.9. The van der Waals surface area contributed by atoms with Gasteiger partial charge in [0.15, 0.2) is 8.32 Å². The molecule has 1 heterocycles. The number of hydrogen-bond acceptors (Lipinski definition) is 3. The largest absolute Gasteiger partial charge is 0.444 e. The minimum Gasteiger partial charge on any atom is -0.444 e. The molecular formula is C28H43NO2Si2. The number of rotatable bonds is 9. The predicted octanol–water partition coefficient (Wildman–Crippen LogP) is 7.11. The van der Waals surface area contributed by atoms with Gasteiger partial charge in [-0.25, -0.2) is 0 Å². The fourth-order valence-electron chi connectivity index (χ4n) is 4.31. The lowest BCUT2D eigenvalue weighted by atomic mass is 9.98. The molecule has 1 aliphatic rings. The molecule has 0 spiro atoms. The molecule has 0 aromatic heterocycles. The molecule has 3 nitrogen and oxygen atoms in total. The van der Waals surface area contributed by atoms with E-state index in [0.29, 0.717) is 0 Å². The van der Waals surface area contributed by atoms with Crippen LogP contribution < -0.4 is 0 Å². The Bertz CT molecular complexity index is 900. The van der Waals surface area contributed by atoms with Crippen LogP contribution in [0.1, 0.15) is 43.9 Å². The Morgan fingerprint density at radius 3 is 2.09 bits per heavy atom. The quantitative estimate of drug-likeness (QED) is 0.356. The van der Waals surface area contributed by atoms with Crippen LogP contribution in [0, 0.1) is 0 Å². The number of morpholine rings is 1. The molecule has 0 aliphatic carbocycles. The van der Waals surface area contributed by atoms with E-state index in [9.17, 15) is 0 Å². The summed E-state index contributed by atoms with van der Waals surface area (Å²) in [5.41, 5.74) is 4.85. The summed E-state index contributed by atoms with van der Waals surface area (Å²) in [6, 6.07) is 20.6. The van der Waals surface area contributed by atoms with E-state index in [2.05, 4.69) is 100 Å². The van der Waals surface area contributed by atoms with Gasteiger partial charge in [-0.1, -0.05) is 81.9 Å². The van der Waals surface area contributed by atoms with Crippen molar-refractivity contribution in [2.75, 3.05) is 26.3 Å². The number of benzene rings is 2. The van der Waals surface area contributed by atoms with Crippen LogP contribution in [0.5, 0.6) is 0 Å². The summed E-state index contributed by atoms with van der Waals surface area (Å²) in [5.74, 6) is 0. The molecule has 0 amide bonds. The standard InChI is InChI=1S/C28H43NO2Si2/c1-24(26-13-9-8-10-14-26)27-17-15-25(16-18-27)12-11-23-33(7,29-19-21-30-22-20-29)31-32(5,6)28(2,3)4/h8-10,13-18H,1,11-12,19-23H2,2-7H3. The van der Waals surface area contributed by atoms with Gasteiger partial charge in [0, 0.05) is 13.1 Å². The van der Waals surface area contributed by atoms with Gasteiger partial charge in [-0.05, 0) is 65.8 Å². The molecule has 2 aromatic rings. The van der Waals surface area contributed by atoms with Crippen LogP contribution >= 0.6 is 0 Å². The van der Waals surface area contributed by atoms with Gasteiger partial charge < -0.3 is 8.85 Å². The molecular weight excluding hydrogens is 438 g/mol. The summed E-state index contributed by atoms with van der Waals surface area (Å²) in [7, 11) is -3.86. The molecule has 33 heavy (non-hydrogen) atoms. The summed E-state index contributed by atoms with van der Waals surface area (Å²) in [5, 5.41) is 0.227. The van der Waals surface area contributed by atoms with Gasteiger partial charge in [0.1, 0.15) is 0 Å². The maximum Gasteiger partial charge on any atom is 0.258 e. The fourth-order valence-corrected chi connectivity index (χ4v) is 13.1. The first kappa shape index (κ1) is 26.1. The van der Waals surface area contributed by atoms with Crippen LogP contribution in [0.4, 0.5) is 0 Å². The van der Waals surface area contributed by atoms with E-state index in [0.717, 1.165) is 50.8 Å². The van der Waals surface area contributed by atoms with Crippen molar-refractivity contribution in [3.63, 3.8) is 0 Å². The molecule has 0 saturated carbocycles. The Kier molecular flexibility index (Phi) is 8.57. The lowest BCUT2D eigenvalue weighted by molar-refractivity contribution is 0.0623. The molecule has 180 valence electrons. The van der Waals surface area contributed by atoms with Crippen molar-refractivity contribution in [2.45, 2.75) is 64.3 Å². The van der Waals surface area contributed by atoms with Crippen LogP contribution in [0.15, 0.2) is 61.2 Å². The number of hydrogen-bond donors (Lipinski definition) is 0. The van der Waals surface area contributed by atoms with Gasteiger partial charge in [0.25, 0.3) is 8.48 Å². The summed E-state index contributed by atoms with van der Waals surface area (Å²) < 4.78 is 15.5. The second kappa shape index (κ2) is 10.8. The van der Waals surface area contributed by atoms with Gasteiger partial charge in [0.05, 0.1) is 13.2 Å².